The molecule has 0 fully saturated rings. The van der Waals surface area contributed by atoms with Crippen molar-refractivity contribution in [3.05, 3.63) is 46.3 Å². The smallest absolute Gasteiger partial charge is 0.338 e. The van der Waals surface area contributed by atoms with Crippen molar-refractivity contribution in [2.45, 2.75) is 0 Å². The molecule has 20 heavy (non-hydrogen) atoms. The first kappa shape index (κ1) is 14.1. The third-order valence-electron chi connectivity index (χ3n) is 2.44. The summed E-state index contributed by atoms with van der Waals surface area (Å²) in [6, 6.07) is 6.21. The van der Waals surface area contributed by atoms with Crippen LogP contribution in [0.5, 0.6) is 5.75 Å². The van der Waals surface area contributed by atoms with Gasteiger partial charge in [0.25, 0.3) is 5.91 Å². The minimum absolute atomic E-state index is 0.0815. The highest BCUT2D eigenvalue weighted by Crippen LogP contribution is 2.25. The minimum Gasteiger partial charge on any atom is -0.497 e. The lowest BCUT2D eigenvalue weighted by Crippen LogP contribution is -2.11. The number of furan rings is 1. The molecule has 2 N–H and O–H groups in total. The van der Waals surface area contributed by atoms with Crippen LogP contribution in [0.1, 0.15) is 20.9 Å². The molecule has 0 saturated carbocycles. The Labute approximate surface area is 122 Å². The van der Waals surface area contributed by atoms with Crippen LogP contribution in [-0.2, 0) is 0 Å². The summed E-state index contributed by atoms with van der Waals surface area (Å²) in [6.45, 7) is 0. The van der Waals surface area contributed by atoms with Crippen LogP contribution >= 0.6 is 15.9 Å². The molecule has 2 aromatic rings. The Morgan fingerprint density at radius 3 is 2.65 bits per heavy atom. The molecule has 0 radical (unpaired) electrons. The maximum absolute atomic E-state index is 11.9. The van der Waals surface area contributed by atoms with Gasteiger partial charge in [0, 0.05) is 22.3 Å². The summed E-state index contributed by atoms with van der Waals surface area (Å²) < 4.78 is 10.7. The van der Waals surface area contributed by atoms with Gasteiger partial charge in [-0.3, -0.25) is 4.79 Å². The number of nitrogens with one attached hydrogen (secondary N) is 1. The minimum atomic E-state index is -1.16. The Kier molecular flexibility index (Phi) is 4.09. The van der Waals surface area contributed by atoms with E-state index in [0.29, 0.717) is 11.4 Å². The summed E-state index contributed by atoms with van der Waals surface area (Å²) in [5.74, 6) is -1.21. The summed E-state index contributed by atoms with van der Waals surface area (Å²) in [6.07, 6.45) is 1.01. The first-order valence-electron chi connectivity index (χ1n) is 5.47. The topological polar surface area (TPSA) is 88.8 Å². The zero-order valence-electron chi connectivity index (χ0n) is 10.3. The van der Waals surface area contributed by atoms with E-state index in [-0.39, 0.29) is 11.3 Å². The Bertz CT molecular complexity index is 665. The zero-order valence-corrected chi connectivity index (χ0v) is 11.9. The maximum atomic E-state index is 11.9. The summed E-state index contributed by atoms with van der Waals surface area (Å²) in [4.78, 5) is 22.6. The van der Waals surface area contributed by atoms with Crippen molar-refractivity contribution >= 4 is 33.5 Å². The van der Waals surface area contributed by atoms with Crippen molar-refractivity contribution in [1.29, 1.82) is 0 Å². The second-order valence-corrected chi connectivity index (χ2v) is 4.75. The summed E-state index contributed by atoms with van der Waals surface area (Å²) in [5.41, 5.74) is 0.413. The molecule has 1 aromatic heterocycles. The number of hydrogen-bond donors (Lipinski definition) is 2. The SMILES string of the molecule is COc1cc(Br)cc(NC(=O)c2cc(C(=O)O)co2)c1. The van der Waals surface area contributed by atoms with Gasteiger partial charge in [-0.1, -0.05) is 15.9 Å². The highest BCUT2D eigenvalue weighted by molar-refractivity contribution is 9.10. The maximum Gasteiger partial charge on any atom is 0.338 e. The van der Waals surface area contributed by atoms with Gasteiger partial charge in [-0.15, -0.1) is 0 Å². The molecule has 0 spiro atoms. The lowest BCUT2D eigenvalue weighted by atomic mass is 10.2. The Hall–Kier alpha value is -2.28. The summed E-state index contributed by atoms with van der Waals surface area (Å²) >= 11 is 3.29. The molecule has 0 aliphatic heterocycles. The molecule has 2 rings (SSSR count). The van der Waals surface area contributed by atoms with E-state index in [1.54, 1.807) is 18.2 Å². The number of carboxylic acid groups (broad SMARTS) is 1. The van der Waals surface area contributed by atoms with E-state index in [4.69, 9.17) is 14.3 Å². The monoisotopic (exact) mass is 339 g/mol. The molecule has 0 unspecified atom stereocenters. The van der Waals surface area contributed by atoms with Crippen molar-refractivity contribution < 1.29 is 23.8 Å². The second kappa shape index (κ2) is 5.79. The fourth-order valence-corrected chi connectivity index (χ4v) is 1.99. The van der Waals surface area contributed by atoms with Crippen molar-refractivity contribution in [1.82, 2.24) is 0 Å². The van der Waals surface area contributed by atoms with Crippen LogP contribution in [0.25, 0.3) is 0 Å². The number of rotatable bonds is 4. The molecule has 0 saturated heterocycles. The van der Waals surface area contributed by atoms with Crippen LogP contribution in [0.3, 0.4) is 0 Å². The van der Waals surface area contributed by atoms with Gasteiger partial charge in [0.05, 0.1) is 12.7 Å². The quantitative estimate of drug-likeness (QED) is 0.893. The Morgan fingerprint density at radius 1 is 1.30 bits per heavy atom. The van der Waals surface area contributed by atoms with Crippen LogP contribution in [0.15, 0.2) is 39.4 Å². The number of carbonyl (C=O) groups is 2. The van der Waals surface area contributed by atoms with Crippen LogP contribution in [-0.4, -0.2) is 24.1 Å². The van der Waals surface area contributed by atoms with Gasteiger partial charge in [0.2, 0.25) is 0 Å². The fraction of sp³-hybridized carbons (Fsp3) is 0.0769. The van der Waals surface area contributed by atoms with Gasteiger partial charge in [-0.25, -0.2) is 4.79 Å². The zero-order chi connectivity index (χ0) is 14.7. The highest BCUT2D eigenvalue weighted by Gasteiger charge is 2.15. The van der Waals surface area contributed by atoms with Gasteiger partial charge in [-0.05, 0) is 12.1 Å². The molecule has 0 bridgehead atoms. The molecule has 0 aliphatic rings. The van der Waals surface area contributed by atoms with Gasteiger partial charge >= 0.3 is 5.97 Å². The van der Waals surface area contributed by atoms with E-state index in [9.17, 15) is 9.59 Å². The number of amides is 1. The molecule has 104 valence electrons. The van der Waals surface area contributed by atoms with Gasteiger partial charge < -0.3 is 19.6 Å². The van der Waals surface area contributed by atoms with Gasteiger partial charge in [0.1, 0.15) is 12.0 Å². The molecular weight excluding hydrogens is 330 g/mol. The average molecular weight is 340 g/mol. The third-order valence-corrected chi connectivity index (χ3v) is 2.89. The van der Waals surface area contributed by atoms with Crippen LogP contribution in [0.4, 0.5) is 5.69 Å². The van der Waals surface area contributed by atoms with Gasteiger partial charge in [0.15, 0.2) is 5.76 Å². The molecular formula is C13H10BrNO5. The lowest BCUT2D eigenvalue weighted by Gasteiger charge is -2.06. The fourth-order valence-electron chi connectivity index (χ4n) is 1.51. The number of ether oxygens (including phenoxy) is 1. The summed E-state index contributed by atoms with van der Waals surface area (Å²) in [7, 11) is 1.51. The van der Waals surface area contributed by atoms with E-state index in [2.05, 4.69) is 21.2 Å². The molecule has 6 nitrogen and oxygen atoms in total. The highest BCUT2D eigenvalue weighted by atomic mass is 79.9. The number of aromatic carboxylic acids is 1. The van der Waals surface area contributed by atoms with Crippen molar-refractivity contribution in [2.24, 2.45) is 0 Å². The van der Waals surface area contributed by atoms with E-state index in [1.165, 1.54) is 7.11 Å². The van der Waals surface area contributed by atoms with E-state index in [1.807, 2.05) is 0 Å². The van der Waals surface area contributed by atoms with E-state index in [0.717, 1.165) is 16.8 Å². The predicted octanol–water partition coefficient (Wildman–Crippen LogP) is 3.00. The largest absolute Gasteiger partial charge is 0.497 e. The Balaban J connectivity index is 2.18. The van der Waals surface area contributed by atoms with Crippen LogP contribution < -0.4 is 10.1 Å². The first-order chi connectivity index (χ1) is 9.49. The molecule has 0 atom stereocenters. The van der Waals surface area contributed by atoms with Crippen molar-refractivity contribution in [3.8, 4) is 5.75 Å². The van der Waals surface area contributed by atoms with E-state index < -0.39 is 11.9 Å². The number of anilines is 1. The number of carbonyl (C=O) groups excluding carboxylic acids is 1. The number of hydrogen-bond acceptors (Lipinski definition) is 4. The standard InChI is InChI=1S/C13H10BrNO5/c1-19-10-4-8(14)3-9(5-10)15-12(16)11-2-7(6-20-11)13(17)18/h2-6H,1H3,(H,15,16)(H,17,18). The molecule has 1 heterocycles. The van der Waals surface area contributed by atoms with E-state index >= 15 is 0 Å². The van der Waals surface area contributed by atoms with Gasteiger partial charge in [-0.2, -0.15) is 0 Å². The molecule has 0 aliphatic carbocycles. The molecule has 7 heteroatoms. The number of methoxy groups -OCH3 is 1. The second-order valence-electron chi connectivity index (χ2n) is 3.84. The number of halogens is 1. The Morgan fingerprint density at radius 2 is 2.05 bits per heavy atom. The number of benzene rings is 1. The normalized spacial score (nSPS) is 10.1. The lowest BCUT2D eigenvalue weighted by molar-refractivity contribution is 0.0696. The number of carboxylic acids is 1. The predicted molar refractivity (Wildman–Crippen MR) is 74.3 cm³/mol. The van der Waals surface area contributed by atoms with Crippen molar-refractivity contribution in [2.75, 3.05) is 12.4 Å². The average Bonchev–Trinajstić information content (AvgIpc) is 2.87. The van der Waals surface area contributed by atoms with Crippen LogP contribution in [0, 0.1) is 0 Å². The molecule has 1 aromatic carbocycles. The third kappa shape index (κ3) is 3.18. The van der Waals surface area contributed by atoms with Crippen molar-refractivity contribution in [3.63, 3.8) is 0 Å². The first-order valence-corrected chi connectivity index (χ1v) is 6.26. The van der Waals surface area contributed by atoms with Crippen LogP contribution in [0.2, 0.25) is 0 Å². The summed E-state index contributed by atoms with van der Waals surface area (Å²) in [5, 5.41) is 11.4. The molecule has 1 amide bonds.